The molecular formula is C26H32F2N8O. The molecule has 1 unspecified atom stereocenters. The Morgan fingerprint density at radius 1 is 1.14 bits per heavy atom. The van der Waals surface area contributed by atoms with Gasteiger partial charge in [0.25, 0.3) is 11.5 Å². The predicted molar refractivity (Wildman–Crippen MR) is 137 cm³/mol. The first-order valence-corrected chi connectivity index (χ1v) is 13.1. The molecule has 3 aliphatic rings. The number of hydrogen-bond donors (Lipinski definition) is 1. The van der Waals surface area contributed by atoms with E-state index in [-0.39, 0.29) is 24.8 Å². The summed E-state index contributed by atoms with van der Waals surface area (Å²) in [5.41, 5.74) is 2.73. The number of pyridine rings is 2. The molecule has 3 fully saturated rings. The quantitative estimate of drug-likeness (QED) is 0.499. The van der Waals surface area contributed by atoms with Crippen LogP contribution >= 0.6 is 0 Å². The molecule has 37 heavy (non-hydrogen) atoms. The third-order valence-corrected chi connectivity index (χ3v) is 7.64. The topological polar surface area (TPSA) is 84.1 Å². The standard InChI is InChI=1S/C26H32F2N8O/c1-18(36-15-24(31-32-36)20-9-23(13-29-12-20)34-16-26(27,28)17-34)35-8-6-22(10-25(35)37)33-7-2-3-21(14-33)30-11-19-4-5-19/h6,8-10,12-13,15,18-19,21,30H,2-5,7,11,14,16-17H2,1H3/t18?,21-/m1/s1. The zero-order chi connectivity index (χ0) is 25.6. The van der Waals surface area contributed by atoms with Crippen molar-refractivity contribution in [3.8, 4) is 11.3 Å². The Hall–Kier alpha value is -3.34. The van der Waals surface area contributed by atoms with Gasteiger partial charge in [-0.15, -0.1) is 5.10 Å². The summed E-state index contributed by atoms with van der Waals surface area (Å²) in [7, 11) is 0. The second kappa shape index (κ2) is 9.51. The van der Waals surface area contributed by atoms with E-state index in [2.05, 4.69) is 25.5 Å². The van der Waals surface area contributed by atoms with Gasteiger partial charge in [0, 0.05) is 48.8 Å². The van der Waals surface area contributed by atoms with Crippen LogP contribution in [0.3, 0.4) is 0 Å². The van der Waals surface area contributed by atoms with E-state index in [1.165, 1.54) is 19.3 Å². The molecule has 3 aromatic rings. The van der Waals surface area contributed by atoms with Crippen LogP contribution in [0.1, 0.15) is 38.8 Å². The second-order valence-electron chi connectivity index (χ2n) is 10.6. The Bertz CT molecular complexity index is 1310. The normalized spacial score (nSPS) is 22.1. The van der Waals surface area contributed by atoms with Crippen molar-refractivity contribution in [2.75, 3.05) is 42.5 Å². The SMILES string of the molecule is CC(n1cc(-c2cncc(N3CC(F)(F)C3)c2)nn1)n1ccc(N2CCC[C@@H](NCC3CC3)C2)cc1=O. The first kappa shape index (κ1) is 24.0. The number of nitrogens with one attached hydrogen (secondary N) is 1. The van der Waals surface area contributed by atoms with Gasteiger partial charge < -0.3 is 15.1 Å². The molecule has 1 N–H and O–H groups in total. The van der Waals surface area contributed by atoms with Gasteiger partial charge in [-0.05, 0) is 57.2 Å². The van der Waals surface area contributed by atoms with Crippen molar-refractivity contribution in [2.24, 2.45) is 5.92 Å². The summed E-state index contributed by atoms with van der Waals surface area (Å²) >= 11 is 0. The van der Waals surface area contributed by atoms with Crippen molar-refractivity contribution < 1.29 is 8.78 Å². The summed E-state index contributed by atoms with van der Waals surface area (Å²) in [6.45, 7) is 4.24. The van der Waals surface area contributed by atoms with Crippen LogP contribution in [0.15, 0.2) is 47.8 Å². The molecule has 5 heterocycles. The molecule has 11 heteroatoms. The molecule has 1 aliphatic carbocycles. The van der Waals surface area contributed by atoms with Gasteiger partial charge in [0.15, 0.2) is 0 Å². The van der Waals surface area contributed by atoms with Gasteiger partial charge in [-0.25, -0.2) is 13.5 Å². The number of aromatic nitrogens is 5. The first-order valence-electron chi connectivity index (χ1n) is 13.1. The van der Waals surface area contributed by atoms with Crippen LogP contribution in [0.2, 0.25) is 0 Å². The number of rotatable bonds is 8. The van der Waals surface area contributed by atoms with Gasteiger partial charge in [-0.1, -0.05) is 5.21 Å². The maximum Gasteiger partial charge on any atom is 0.282 e. The molecule has 2 saturated heterocycles. The second-order valence-corrected chi connectivity index (χ2v) is 10.6. The van der Waals surface area contributed by atoms with Crippen molar-refractivity contribution in [1.82, 2.24) is 29.9 Å². The summed E-state index contributed by atoms with van der Waals surface area (Å²) in [5.74, 6) is -1.80. The smallest absolute Gasteiger partial charge is 0.282 e. The molecule has 6 rings (SSSR count). The molecular weight excluding hydrogens is 478 g/mol. The highest BCUT2D eigenvalue weighted by Crippen LogP contribution is 2.33. The van der Waals surface area contributed by atoms with Crippen molar-refractivity contribution >= 4 is 11.4 Å². The molecule has 0 radical (unpaired) electrons. The number of halogens is 2. The van der Waals surface area contributed by atoms with Gasteiger partial charge in [-0.3, -0.25) is 14.3 Å². The lowest BCUT2D eigenvalue weighted by atomic mass is 10.0. The van der Waals surface area contributed by atoms with E-state index in [4.69, 9.17) is 0 Å². The van der Waals surface area contributed by atoms with Crippen LogP contribution in [0.4, 0.5) is 20.2 Å². The van der Waals surface area contributed by atoms with E-state index >= 15 is 0 Å². The molecule has 2 aliphatic heterocycles. The van der Waals surface area contributed by atoms with Crippen molar-refractivity contribution in [3.63, 3.8) is 0 Å². The molecule has 2 atom stereocenters. The Balaban J connectivity index is 1.14. The van der Waals surface area contributed by atoms with E-state index in [0.29, 0.717) is 23.0 Å². The van der Waals surface area contributed by atoms with Crippen molar-refractivity contribution in [3.05, 3.63) is 53.3 Å². The lowest BCUT2D eigenvalue weighted by Gasteiger charge is -2.40. The fourth-order valence-corrected chi connectivity index (χ4v) is 5.17. The fraction of sp³-hybridized carbons (Fsp3) is 0.538. The summed E-state index contributed by atoms with van der Waals surface area (Å²) in [6.07, 6.45) is 11.4. The Morgan fingerprint density at radius 2 is 1.97 bits per heavy atom. The van der Waals surface area contributed by atoms with Gasteiger partial charge in [0.1, 0.15) is 11.9 Å². The Kier molecular flexibility index (Phi) is 6.18. The summed E-state index contributed by atoms with van der Waals surface area (Å²) in [6, 6.07) is 5.95. The molecule has 0 spiro atoms. The number of hydrogen-bond acceptors (Lipinski definition) is 7. The van der Waals surface area contributed by atoms with Crippen molar-refractivity contribution in [2.45, 2.75) is 50.7 Å². The van der Waals surface area contributed by atoms with Crippen LogP contribution in [0, 0.1) is 5.92 Å². The van der Waals surface area contributed by atoms with Crippen LogP contribution in [0.25, 0.3) is 11.3 Å². The van der Waals surface area contributed by atoms with E-state index < -0.39 is 5.92 Å². The van der Waals surface area contributed by atoms with E-state index in [0.717, 1.165) is 37.7 Å². The largest absolute Gasteiger partial charge is 0.370 e. The third-order valence-electron chi connectivity index (χ3n) is 7.64. The maximum atomic E-state index is 13.3. The molecule has 9 nitrogen and oxygen atoms in total. The lowest BCUT2D eigenvalue weighted by Crippen LogP contribution is -2.56. The molecule has 0 amide bonds. The first-order chi connectivity index (χ1) is 17.8. The molecule has 0 aromatic carbocycles. The molecule has 0 bridgehead atoms. The summed E-state index contributed by atoms with van der Waals surface area (Å²) < 4.78 is 29.8. The third kappa shape index (κ3) is 5.22. The number of alkyl halides is 2. The van der Waals surface area contributed by atoms with Gasteiger partial charge in [0.2, 0.25) is 0 Å². The van der Waals surface area contributed by atoms with Crippen molar-refractivity contribution in [1.29, 1.82) is 0 Å². The van der Waals surface area contributed by atoms with E-state index in [9.17, 15) is 13.6 Å². The Morgan fingerprint density at radius 3 is 2.73 bits per heavy atom. The zero-order valence-electron chi connectivity index (χ0n) is 20.9. The summed E-state index contributed by atoms with van der Waals surface area (Å²) in [4.78, 5) is 21.1. The van der Waals surface area contributed by atoms with Crippen LogP contribution in [-0.4, -0.2) is 69.2 Å². The van der Waals surface area contributed by atoms with Crippen LogP contribution in [0.5, 0.6) is 0 Å². The molecule has 3 aromatic heterocycles. The van der Waals surface area contributed by atoms with Gasteiger partial charge in [0.05, 0.1) is 31.2 Å². The van der Waals surface area contributed by atoms with E-state index in [1.807, 2.05) is 19.2 Å². The number of anilines is 2. The van der Waals surface area contributed by atoms with Gasteiger partial charge in [-0.2, -0.15) is 0 Å². The minimum atomic E-state index is -2.65. The summed E-state index contributed by atoms with van der Waals surface area (Å²) in [5, 5.41) is 12.2. The monoisotopic (exact) mass is 510 g/mol. The van der Waals surface area contributed by atoms with Crippen LogP contribution < -0.4 is 20.7 Å². The lowest BCUT2D eigenvalue weighted by molar-refractivity contribution is -0.0262. The number of piperidine rings is 1. The van der Waals surface area contributed by atoms with Gasteiger partial charge >= 0.3 is 0 Å². The average molecular weight is 511 g/mol. The fourth-order valence-electron chi connectivity index (χ4n) is 5.17. The highest BCUT2D eigenvalue weighted by Gasteiger charge is 2.44. The van der Waals surface area contributed by atoms with Crippen LogP contribution in [-0.2, 0) is 0 Å². The minimum Gasteiger partial charge on any atom is -0.370 e. The minimum absolute atomic E-state index is 0.0995. The highest BCUT2D eigenvalue weighted by atomic mass is 19.3. The average Bonchev–Trinajstić information content (AvgIpc) is 3.59. The van der Waals surface area contributed by atoms with E-state index in [1.54, 1.807) is 44.9 Å². The number of nitrogens with zero attached hydrogens (tertiary/aromatic N) is 7. The highest BCUT2D eigenvalue weighted by molar-refractivity contribution is 5.64. The Labute approximate surface area is 214 Å². The zero-order valence-corrected chi connectivity index (χ0v) is 20.9. The molecule has 1 saturated carbocycles. The maximum absolute atomic E-state index is 13.3. The molecule has 196 valence electrons. The predicted octanol–water partition coefficient (Wildman–Crippen LogP) is 2.99.